The molecule has 0 aliphatic heterocycles. The van der Waals surface area contributed by atoms with E-state index in [1.165, 1.54) is 23.5 Å². The van der Waals surface area contributed by atoms with Gasteiger partial charge in [-0.05, 0) is 25.0 Å². The van der Waals surface area contributed by atoms with Gasteiger partial charge in [0.15, 0.2) is 0 Å². The van der Waals surface area contributed by atoms with Crippen LogP contribution >= 0.6 is 23.2 Å². The van der Waals surface area contributed by atoms with Crippen molar-refractivity contribution < 1.29 is 8.42 Å². The number of hydrogen-bond acceptors (Lipinski definition) is 3. The molecule has 1 aromatic carbocycles. The Hall–Kier alpha value is -1.08. The van der Waals surface area contributed by atoms with Crippen molar-refractivity contribution in [2.75, 3.05) is 7.05 Å². The number of hydrogen-bond donors (Lipinski definition) is 0. The Morgan fingerprint density at radius 1 is 1.25 bits per heavy atom. The molecule has 0 radical (unpaired) electrons. The zero-order chi connectivity index (χ0) is 18.2. The van der Waals surface area contributed by atoms with Crippen LogP contribution in [0.25, 0.3) is 0 Å². The third-order valence-corrected chi connectivity index (χ3v) is 6.76. The van der Waals surface area contributed by atoms with E-state index in [4.69, 9.17) is 23.2 Å². The molecule has 24 heavy (non-hydrogen) atoms. The summed E-state index contributed by atoms with van der Waals surface area (Å²) in [6.45, 7) is 6.20. The maximum atomic E-state index is 12.9. The second-order valence-corrected chi connectivity index (χ2v) is 8.84. The first-order chi connectivity index (χ1) is 11.1. The van der Waals surface area contributed by atoms with E-state index in [1.807, 2.05) is 27.8 Å². The van der Waals surface area contributed by atoms with Crippen LogP contribution in [0, 0.1) is 6.92 Å². The molecule has 8 heteroatoms. The molecule has 2 rings (SSSR count). The van der Waals surface area contributed by atoms with Crippen LogP contribution in [0.1, 0.15) is 36.7 Å². The normalized spacial score (nSPS) is 12.4. The second kappa shape index (κ2) is 7.04. The lowest BCUT2D eigenvalue weighted by molar-refractivity contribution is 0.464. The lowest BCUT2D eigenvalue weighted by Crippen LogP contribution is -2.27. The molecule has 0 fully saturated rings. The molecule has 1 heterocycles. The maximum absolute atomic E-state index is 12.9. The van der Waals surface area contributed by atoms with E-state index < -0.39 is 10.0 Å². The van der Waals surface area contributed by atoms with Crippen molar-refractivity contribution in [3.05, 3.63) is 45.2 Å². The molecule has 0 aliphatic carbocycles. The molecule has 0 amide bonds. The molecular weight excluding hydrogens is 369 g/mol. The molecule has 0 spiro atoms. The van der Waals surface area contributed by atoms with Gasteiger partial charge in [-0.1, -0.05) is 43.1 Å². The van der Waals surface area contributed by atoms with Gasteiger partial charge in [0.1, 0.15) is 4.90 Å². The van der Waals surface area contributed by atoms with Crippen molar-refractivity contribution in [3.63, 3.8) is 0 Å². The quantitative estimate of drug-likeness (QED) is 0.776. The first kappa shape index (κ1) is 19.2. The van der Waals surface area contributed by atoms with E-state index in [9.17, 15) is 8.42 Å². The van der Waals surface area contributed by atoms with Crippen LogP contribution in [0.15, 0.2) is 23.1 Å². The van der Waals surface area contributed by atoms with Crippen molar-refractivity contribution in [1.82, 2.24) is 14.1 Å². The number of halogens is 2. The van der Waals surface area contributed by atoms with E-state index in [-0.39, 0.29) is 27.4 Å². The van der Waals surface area contributed by atoms with Crippen LogP contribution in [-0.4, -0.2) is 29.6 Å². The van der Waals surface area contributed by atoms with Gasteiger partial charge in [0.25, 0.3) is 0 Å². The highest BCUT2D eigenvalue weighted by molar-refractivity contribution is 7.89. The Balaban J connectivity index is 2.45. The highest BCUT2D eigenvalue weighted by atomic mass is 35.5. The minimum absolute atomic E-state index is 0.0662. The summed E-state index contributed by atoms with van der Waals surface area (Å²) in [5.74, 6) is 0.194. The molecular formula is C16H21Cl2N3O2S. The molecule has 132 valence electrons. The zero-order valence-corrected chi connectivity index (χ0v) is 16.7. The molecule has 1 aromatic heterocycles. The third kappa shape index (κ3) is 3.47. The topological polar surface area (TPSA) is 55.2 Å². The minimum atomic E-state index is -3.82. The highest BCUT2D eigenvalue weighted by Crippen LogP contribution is 2.32. The summed E-state index contributed by atoms with van der Waals surface area (Å²) in [5.41, 5.74) is 2.73. The maximum Gasteiger partial charge on any atom is 0.246 e. The zero-order valence-electron chi connectivity index (χ0n) is 14.3. The lowest BCUT2D eigenvalue weighted by atomic mass is 10.0. The molecule has 0 atom stereocenters. The number of nitrogens with zero attached hydrogens (tertiary/aromatic N) is 3. The summed E-state index contributed by atoms with van der Waals surface area (Å²) in [4.78, 5) is -0.0662. The SMILES string of the molecule is Cc1c(CN(C)S(=O)(=O)c2c(Cl)cccc2Cl)c(C(C)C)nn1C. The summed E-state index contributed by atoms with van der Waals surface area (Å²) in [7, 11) is -0.445. The lowest BCUT2D eigenvalue weighted by Gasteiger charge is -2.20. The highest BCUT2D eigenvalue weighted by Gasteiger charge is 2.28. The molecule has 2 aromatic rings. The van der Waals surface area contributed by atoms with Gasteiger partial charge in [0.2, 0.25) is 10.0 Å². The van der Waals surface area contributed by atoms with Crippen LogP contribution in [0.3, 0.4) is 0 Å². The monoisotopic (exact) mass is 389 g/mol. The Morgan fingerprint density at radius 2 is 1.79 bits per heavy atom. The smallest absolute Gasteiger partial charge is 0.246 e. The van der Waals surface area contributed by atoms with E-state index in [0.29, 0.717) is 0 Å². The van der Waals surface area contributed by atoms with E-state index in [1.54, 1.807) is 10.7 Å². The summed E-state index contributed by atoms with van der Waals surface area (Å²) >= 11 is 12.1. The van der Waals surface area contributed by atoms with Crippen molar-refractivity contribution in [2.45, 2.75) is 38.1 Å². The number of aryl methyl sites for hydroxylation is 1. The van der Waals surface area contributed by atoms with Crippen LogP contribution in [0.2, 0.25) is 10.0 Å². The molecule has 0 saturated heterocycles. The fourth-order valence-electron chi connectivity index (χ4n) is 2.53. The second-order valence-electron chi connectivity index (χ2n) is 6.04. The average molecular weight is 390 g/mol. The van der Waals surface area contributed by atoms with Crippen LogP contribution in [-0.2, 0) is 23.6 Å². The Labute approximate surface area is 153 Å². The number of rotatable bonds is 5. The fourth-order valence-corrected chi connectivity index (χ4v) is 4.75. The number of benzene rings is 1. The molecule has 5 nitrogen and oxygen atoms in total. The first-order valence-corrected chi connectivity index (χ1v) is 9.69. The standard InChI is InChI=1S/C16H21Cl2N3O2S/c1-10(2)15-12(11(3)21(5)19-15)9-20(4)24(22,23)16-13(17)7-6-8-14(16)18/h6-8,10H,9H2,1-5H3. The number of sulfonamides is 1. The van der Waals surface area contributed by atoms with Crippen molar-refractivity contribution in [1.29, 1.82) is 0 Å². The average Bonchev–Trinajstić information content (AvgIpc) is 2.75. The fraction of sp³-hybridized carbons (Fsp3) is 0.438. The predicted octanol–water partition coefficient (Wildman–Crippen LogP) is 3.98. The third-order valence-electron chi connectivity index (χ3n) is 4.00. The molecule has 0 saturated carbocycles. The van der Waals surface area contributed by atoms with Gasteiger partial charge in [-0.15, -0.1) is 0 Å². The Bertz CT molecular complexity index is 840. The molecule has 0 aliphatic rings. The molecule has 0 unspecified atom stereocenters. The van der Waals surface area contributed by atoms with E-state index in [2.05, 4.69) is 5.10 Å². The largest absolute Gasteiger partial charge is 0.272 e. The van der Waals surface area contributed by atoms with Crippen molar-refractivity contribution >= 4 is 33.2 Å². The summed E-state index contributed by atoms with van der Waals surface area (Å²) in [5, 5.41) is 4.72. The first-order valence-electron chi connectivity index (χ1n) is 7.50. The summed E-state index contributed by atoms with van der Waals surface area (Å²) in [6, 6.07) is 4.65. The summed E-state index contributed by atoms with van der Waals surface area (Å²) in [6.07, 6.45) is 0. The van der Waals surface area contributed by atoms with E-state index in [0.717, 1.165) is 17.0 Å². The van der Waals surface area contributed by atoms with Crippen LogP contribution < -0.4 is 0 Å². The van der Waals surface area contributed by atoms with Crippen LogP contribution in [0.4, 0.5) is 0 Å². The van der Waals surface area contributed by atoms with Gasteiger partial charge in [-0.3, -0.25) is 4.68 Å². The summed E-state index contributed by atoms with van der Waals surface area (Å²) < 4.78 is 28.8. The molecule has 0 bridgehead atoms. The van der Waals surface area contributed by atoms with Gasteiger partial charge >= 0.3 is 0 Å². The van der Waals surface area contributed by atoms with Crippen molar-refractivity contribution in [2.24, 2.45) is 7.05 Å². The van der Waals surface area contributed by atoms with Gasteiger partial charge in [0.05, 0.1) is 15.7 Å². The molecule has 0 N–H and O–H groups in total. The Kier molecular flexibility index (Phi) is 5.64. The van der Waals surface area contributed by atoms with Gasteiger partial charge in [-0.25, -0.2) is 8.42 Å². The van der Waals surface area contributed by atoms with Gasteiger partial charge in [-0.2, -0.15) is 9.40 Å². The predicted molar refractivity (Wildman–Crippen MR) is 97.1 cm³/mol. The Morgan fingerprint density at radius 3 is 2.29 bits per heavy atom. The van der Waals surface area contributed by atoms with Crippen LogP contribution in [0.5, 0.6) is 0 Å². The van der Waals surface area contributed by atoms with E-state index >= 15 is 0 Å². The van der Waals surface area contributed by atoms with Crippen molar-refractivity contribution in [3.8, 4) is 0 Å². The van der Waals surface area contributed by atoms with Gasteiger partial charge < -0.3 is 0 Å². The minimum Gasteiger partial charge on any atom is -0.272 e. The van der Waals surface area contributed by atoms with Gasteiger partial charge in [0, 0.05) is 31.9 Å². The number of aromatic nitrogens is 2.